The Hall–Kier alpha value is -3.40. The second-order valence-corrected chi connectivity index (χ2v) is 6.99. The van der Waals surface area contributed by atoms with E-state index in [1.807, 2.05) is 49.6 Å². The van der Waals surface area contributed by atoms with Gasteiger partial charge in [-0.2, -0.15) is 0 Å². The Labute approximate surface area is 158 Å². The number of fused-ring (bicyclic) bond motifs is 3. The van der Waals surface area contributed by atoms with E-state index in [-0.39, 0.29) is 5.41 Å². The molecule has 4 nitrogen and oxygen atoms in total. The third kappa shape index (κ3) is 2.61. The van der Waals surface area contributed by atoms with Gasteiger partial charge in [0.15, 0.2) is 0 Å². The average Bonchev–Trinajstić information content (AvgIpc) is 3.00. The fourth-order valence-electron chi connectivity index (χ4n) is 4.34. The molecule has 130 valence electrons. The Morgan fingerprint density at radius 1 is 0.519 bits per heavy atom. The summed E-state index contributed by atoms with van der Waals surface area (Å²) in [6.45, 7) is 0. The molecule has 0 bridgehead atoms. The Morgan fingerprint density at radius 2 is 0.926 bits per heavy atom. The largest absolute Gasteiger partial charge is 0.265 e. The van der Waals surface area contributed by atoms with Crippen LogP contribution in [-0.2, 0) is 18.3 Å². The van der Waals surface area contributed by atoms with Crippen LogP contribution in [0, 0.1) is 0 Å². The highest BCUT2D eigenvalue weighted by molar-refractivity contribution is 5.80. The summed E-state index contributed by atoms with van der Waals surface area (Å²) in [5.74, 6) is 0. The molecule has 0 aliphatic heterocycles. The van der Waals surface area contributed by atoms with E-state index in [2.05, 4.69) is 56.3 Å². The van der Waals surface area contributed by atoms with E-state index in [0.29, 0.717) is 0 Å². The lowest BCUT2D eigenvalue weighted by Gasteiger charge is -2.32. The van der Waals surface area contributed by atoms with Crippen molar-refractivity contribution >= 4 is 0 Å². The van der Waals surface area contributed by atoms with Crippen molar-refractivity contribution < 1.29 is 0 Å². The van der Waals surface area contributed by atoms with E-state index in [1.54, 1.807) is 0 Å². The molecule has 0 saturated carbocycles. The summed E-state index contributed by atoms with van der Waals surface area (Å²) in [4.78, 5) is 17.1. The molecule has 0 fully saturated rings. The third-order valence-electron chi connectivity index (χ3n) is 5.47. The summed E-state index contributed by atoms with van der Waals surface area (Å²) in [6.07, 6.45) is 17.0. The van der Waals surface area contributed by atoms with Gasteiger partial charge in [0.1, 0.15) is 0 Å². The highest BCUT2D eigenvalue weighted by Gasteiger charge is 2.43. The lowest BCUT2D eigenvalue weighted by molar-refractivity contribution is 0.518. The van der Waals surface area contributed by atoms with Crippen molar-refractivity contribution in [3.05, 3.63) is 108 Å². The maximum Gasteiger partial charge on any atom is 0.0350 e. The molecular formula is C23H18N4. The van der Waals surface area contributed by atoms with Crippen molar-refractivity contribution in [1.82, 2.24) is 19.9 Å². The second-order valence-electron chi connectivity index (χ2n) is 6.99. The first-order chi connectivity index (χ1) is 13.4. The van der Waals surface area contributed by atoms with Gasteiger partial charge in [-0.1, -0.05) is 0 Å². The van der Waals surface area contributed by atoms with E-state index >= 15 is 0 Å². The number of hydrogen-bond acceptors (Lipinski definition) is 4. The minimum Gasteiger partial charge on any atom is -0.265 e. The van der Waals surface area contributed by atoms with Gasteiger partial charge in [-0.3, -0.25) is 19.9 Å². The van der Waals surface area contributed by atoms with Crippen molar-refractivity contribution in [2.45, 2.75) is 18.3 Å². The molecule has 0 aromatic carbocycles. The Morgan fingerprint density at radius 3 is 1.37 bits per heavy atom. The smallest absolute Gasteiger partial charge is 0.0350 e. The van der Waals surface area contributed by atoms with Crippen molar-refractivity contribution in [2.75, 3.05) is 0 Å². The Bertz CT molecular complexity index is 989. The SMILES string of the molecule is c1cc(CC2(Cc3ccncc3)c3ccncc3-c3cnccc32)ccn1. The van der Waals surface area contributed by atoms with Crippen LogP contribution in [0.1, 0.15) is 22.3 Å². The number of nitrogens with zero attached hydrogens (tertiary/aromatic N) is 4. The maximum atomic E-state index is 4.39. The van der Waals surface area contributed by atoms with E-state index in [1.165, 1.54) is 33.4 Å². The third-order valence-corrected chi connectivity index (χ3v) is 5.47. The molecule has 0 spiro atoms. The van der Waals surface area contributed by atoms with Gasteiger partial charge in [0.25, 0.3) is 0 Å². The van der Waals surface area contributed by atoms with Crippen molar-refractivity contribution in [1.29, 1.82) is 0 Å². The van der Waals surface area contributed by atoms with Gasteiger partial charge in [0.2, 0.25) is 0 Å². The molecule has 0 N–H and O–H groups in total. The fourth-order valence-corrected chi connectivity index (χ4v) is 4.34. The summed E-state index contributed by atoms with van der Waals surface area (Å²) in [6, 6.07) is 12.8. The number of hydrogen-bond donors (Lipinski definition) is 0. The van der Waals surface area contributed by atoms with Gasteiger partial charge < -0.3 is 0 Å². The van der Waals surface area contributed by atoms with Crippen molar-refractivity contribution in [3.63, 3.8) is 0 Å². The zero-order valence-corrected chi connectivity index (χ0v) is 14.8. The highest BCUT2D eigenvalue weighted by atomic mass is 14.7. The molecule has 0 atom stereocenters. The Kier molecular flexibility index (Phi) is 3.75. The predicted octanol–water partition coefficient (Wildman–Crippen LogP) is 4.02. The van der Waals surface area contributed by atoms with Crippen LogP contribution < -0.4 is 0 Å². The first kappa shape index (κ1) is 15.8. The summed E-state index contributed by atoms with van der Waals surface area (Å²) >= 11 is 0. The van der Waals surface area contributed by atoms with Crippen LogP contribution in [0.3, 0.4) is 0 Å². The fraction of sp³-hybridized carbons (Fsp3) is 0.130. The van der Waals surface area contributed by atoms with Crippen LogP contribution in [0.25, 0.3) is 11.1 Å². The predicted molar refractivity (Wildman–Crippen MR) is 104 cm³/mol. The van der Waals surface area contributed by atoms with Crippen LogP contribution in [0.5, 0.6) is 0 Å². The lowest BCUT2D eigenvalue weighted by atomic mass is 9.70. The normalized spacial score (nSPS) is 13.8. The lowest BCUT2D eigenvalue weighted by Crippen LogP contribution is -2.31. The quantitative estimate of drug-likeness (QED) is 0.558. The van der Waals surface area contributed by atoms with Gasteiger partial charge in [0, 0.05) is 66.1 Å². The first-order valence-corrected chi connectivity index (χ1v) is 9.04. The van der Waals surface area contributed by atoms with E-state index in [9.17, 15) is 0 Å². The maximum absolute atomic E-state index is 4.39. The molecule has 4 heterocycles. The van der Waals surface area contributed by atoms with Crippen LogP contribution in [-0.4, -0.2) is 19.9 Å². The van der Waals surface area contributed by atoms with Crippen LogP contribution in [0.4, 0.5) is 0 Å². The number of pyridine rings is 4. The monoisotopic (exact) mass is 350 g/mol. The standard InChI is InChI=1S/C23H18N4/c1-7-24-8-2-17(1)13-23(14-18-3-9-25-10-4-18)21-5-11-26-15-19(21)20-16-27-12-6-22(20)23/h1-12,15-16H,13-14H2. The number of rotatable bonds is 4. The minimum absolute atomic E-state index is 0.167. The van der Waals surface area contributed by atoms with Crippen LogP contribution in [0.2, 0.25) is 0 Å². The minimum atomic E-state index is -0.167. The molecule has 0 unspecified atom stereocenters. The molecule has 1 aliphatic carbocycles. The highest BCUT2D eigenvalue weighted by Crippen LogP contribution is 2.51. The zero-order valence-electron chi connectivity index (χ0n) is 14.8. The molecule has 1 aliphatic rings. The van der Waals surface area contributed by atoms with E-state index in [0.717, 1.165) is 12.8 Å². The summed E-state index contributed by atoms with van der Waals surface area (Å²) < 4.78 is 0. The molecule has 4 aromatic rings. The molecule has 0 saturated heterocycles. The number of aromatic nitrogens is 4. The van der Waals surface area contributed by atoms with E-state index < -0.39 is 0 Å². The molecule has 0 radical (unpaired) electrons. The topological polar surface area (TPSA) is 51.6 Å². The van der Waals surface area contributed by atoms with Crippen molar-refractivity contribution in [3.8, 4) is 11.1 Å². The van der Waals surface area contributed by atoms with Gasteiger partial charge in [0.05, 0.1) is 0 Å². The van der Waals surface area contributed by atoms with Gasteiger partial charge >= 0.3 is 0 Å². The average molecular weight is 350 g/mol. The van der Waals surface area contributed by atoms with Gasteiger partial charge in [-0.15, -0.1) is 0 Å². The molecule has 27 heavy (non-hydrogen) atoms. The second kappa shape index (κ2) is 6.40. The summed E-state index contributed by atoms with van der Waals surface area (Å²) in [5.41, 5.74) is 7.37. The molecule has 5 rings (SSSR count). The van der Waals surface area contributed by atoms with E-state index in [4.69, 9.17) is 0 Å². The molecular weight excluding hydrogens is 332 g/mol. The van der Waals surface area contributed by atoms with Gasteiger partial charge in [-0.25, -0.2) is 0 Å². The first-order valence-electron chi connectivity index (χ1n) is 9.04. The zero-order chi connectivity index (χ0) is 18.1. The van der Waals surface area contributed by atoms with Crippen molar-refractivity contribution in [2.24, 2.45) is 0 Å². The molecule has 4 heteroatoms. The van der Waals surface area contributed by atoms with Crippen LogP contribution in [0.15, 0.2) is 86.0 Å². The Balaban J connectivity index is 1.75. The van der Waals surface area contributed by atoms with Crippen LogP contribution >= 0.6 is 0 Å². The summed E-state index contributed by atoms with van der Waals surface area (Å²) in [5, 5.41) is 0. The van der Waals surface area contributed by atoms with Gasteiger partial charge in [-0.05, 0) is 71.5 Å². The molecule has 0 amide bonds. The molecule has 4 aromatic heterocycles. The summed E-state index contributed by atoms with van der Waals surface area (Å²) in [7, 11) is 0.